The second kappa shape index (κ2) is 44.0. The second-order valence-electron chi connectivity index (χ2n) is 26.9. The number of rotatable bonds is 17. The molecule has 0 saturated heterocycles. The fraction of sp³-hybridized carbons (Fsp3) is 0.161. The van der Waals surface area contributed by atoms with E-state index in [1.165, 1.54) is 109 Å². The predicted octanol–water partition coefficient (Wildman–Crippen LogP) is 8.50. The van der Waals surface area contributed by atoms with Crippen molar-refractivity contribution in [2.24, 2.45) is 0 Å². The quantitative estimate of drug-likeness (QED) is 0.0352. The summed E-state index contributed by atoms with van der Waals surface area (Å²) in [4.78, 5) is 23.7. The molecule has 0 fully saturated rings. The lowest BCUT2D eigenvalue weighted by Gasteiger charge is -2.18. The largest absolute Gasteiger partial charge is 1.00 e. The van der Waals surface area contributed by atoms with E-state index < -0.39 is 13.6 Å². The van der Waals surface area contributed by atoms with Gasteiger partial charge in [-0.2, -0.15) is 13.7 Å². The third-order valence-electron chi connectivity index (χ3n) is 18.9. The third-order valence-corrected chi connectivity index (χ3v) is 22.4. The molecule has 3 aromatic heterocycles. The summed E-state index contributed by atoms with van der Waals surface area (Å²) in [5, 5.41) is 37.5. The molecule has 0 amide bonds. The highest BCUT2D eigenvalue weighted by Crippen LogP contribution is 2.47. The van der Waals surface area contributed by atoms with Crippen LogP contribution in [0, 0.1) is 13.8 Å². The molecule has 592 valence electrons. The summed E-state index contributed by atoms with van der Waals surface area (Å²) in [7, 11) is 6.79. The summed E-state index contributed by atoms with van der Waals surface area (Å²) in [5.41, 5.74) is 18.0. The number of aliphatic hydroxyl groups is 3. The van der Waals surface area contributed by atoms with E-state index in [-0.39, 0.29) is 57.9 Å². The average Bonchev–Trinajstić information content (AvgIpc) is 1.05. The molecule has 6 heterocycles. The van der Waals surface area contributed by atoms with Crippen LogP contribution in [0.1, 0.15) is 45.9 Å². The van der Waals surface area contributed by atoms with E-state index in [2.05, 4.69) is 327 Å². The number of pyridine rings is 3. The van der Waals surface area contributed by atoms with Gasteiger partial charge in [0.25, 0.3) is 0 Å². The van der Waals surface area contributed by atoms with Gasteiger partial charge >= 0.3 is 13.5 Å². The monoisotopic (exact) mass is 1730 g/mol. The van der Waals surface area contributed by atoms with Gasteiger partial charge in [-0.3, -0.25) is 17.7 Å². The zero-order valence-electron chi connectivity index (χ0n) is 65.3. The lowest BCUT2D eigenvalue weighted by Crippen LogP contribution is -3.00. The van der Waals surface area contributed by atoms with E-state index in [0.29, 0.717) is 26.2 Å². The Morgan fingerprint density at radius 1 is 0.530 bits per heavy atom. The summed E-state index contributed by atoms with van der Waals surface area (Å²) >= 11 is 5.36. The van der Waals surface area contributed by atoms with Crippen molar-refractivity contribution >= 4 is 135 Å². The molecule has 1 unspecified atom stereocenters. The first kappa shape index (κ1) is 90.3. The Labute approximate surface area is 705 Å². The van der Waals surface area contributed by atoms with E-state index in [4.69, 9.17) is 9.84 Å². The molecule has 3 N–H and O–H groups in total. The molecular weight excluding hydrogens is 1640 g/mol. The van der Waals surface area contributed by atoms with Gasteiger partial charge in [0.15, 0.2) is 44.8 Å². The molecule has 12 nitrogen and oxygen atoms in total. The highest BCUT2D eigenvalue weighted by atomic mass is 79.9. The van der Waals surface area contributed by atoms with Gasteiger partial charge in [0, 0.05) is 98.9 Å². The number of aromatic nitrogens is 3. The van der Waals surface area contributed by atoms with Crippen LogP contribution in [0.2, 0.25) is 0 Å². The molecule has 1 atom stereocenters. The van der Waals surface area contributed by atoms with Crippen LogP contribution in [0.25, 0.3) is 63.1 Å². The van der Waals surface area contributed by atoms with E-state index >= 15 is 0 Å². The molecule has 3 aliphatic heterocycles. The number of benzene rings is 9. The van der Waals surface area contributed by atoms with Gasteiger partial charge in [-0.1, -0.05) is 211 Å². The Kier molecular flexibility index (Phi) is 34.5. The average molecular weight is 1730 g/mol. The first-order valence-electron chi connectivity index (χ1n) is 36.8. The molecular formula is C93H92BBr2F4N7O5S3. The van der Waals surface area contributed by atoms with Gasteiger partial charge < -0.3 is 78.3 Å². The summed E-state index contributed by atoms with van der Waals surface area (Å²) in [6, 6.07) is 80.2. The number of aryl methyl sites for hydroxylation is 2. The number of halogens is 6. The molecule has 0 saturated carbocycles. The number of para-hydroxylation sites is 6. The molecule has 0 aliphatic carbocycles. The van der Waals surface area contributed by atoms with Crippen molar-refractivity contribution in [3.8, 4) is 0 Å². The number of fused-ring (bicyclic) bond motifs is 6. The first-order chi connectivity index (χ1) is 54.3. The Bertz CT molecular complexity index is 5630. The van der Waals surface area contributed by atoms with Crippen molar-refractivity contribution in [1.29, 1.82) is 0 Å². The van der Waals surface area contributed by atoms with Crippen LogP contribution in [0.3, 0.4) is 0 Å². The van der Waals surface area contributed by atoms with Crippen LogP contribution >= 0.6 is 35.3 Å². The number of anilines is 4. The third kappa shape index (κ3) is 23.7. The van der Waals surface area contributed by atoms with Crippen LogP contribution in [-0.4, -0.2) is 90.0 Å². The van der Waals surface area contributed by atoms with E-state index in [1.807, 2.05) is 65.6 Å². The summed E-state index contributed by atoms with van der Waals surface area (Å²) < 4.78 is 40.3. The van der Waals surface area contributed by atoms with Gasteiger partial charge in [-0.25, -0.2) is 0 Å². The minimum Gasteiger partial charge on any atom is -1.00 e. The molecule has 22 heteroatoms. The van der Waals surface area contributed by atoms with Gasteiger partial charge in [0.05, 0.1) is 54.9 Å². The van der Waals surface area contributed by atoms with Gasteiger partial charge in [0.2, 0.25) is 16.6 Å². The molecule has 115 heavy (non-hydrogen) atoms. The fourth-order valence-corrected chi connectivity index (χ4v) is 16.5. The van der Waals surface area contributed by atoms with E-state index in [9.17, 15) is 28.0 Å². The molecule has 15 rings (SSSR count). The van der Waals surface area contributed by atoms with Crippen LogP contribution in [0.15, 0.2) is 315 Å². The Morgan fingerprint density at radius 3 is 1.30 bits per heavy atom. The van der Waals surface area contributed by atoms with Crippen LogP contribution in [0.4, 0.5) is 35.7 Å². The summed E-state index contributed by atoms with van der Waals surface area (Å²) in [6.45, 7) is 11.6. The fourth-order valence-electron chi connectivity index (χ4n) is 13.3. The van der Waals surface area contributed by atoms with Crippen molar-refractivity contribution in [2.75, 3.05) is 74.7 Å². The molecule has 9 aromatic carbocycles. The number of thioether (sulfide) groups is 3. The van der Waals surface area contributed by atoms with Crippen LogP contribution < -0.4 is 82.4 Å². The van der Waals surface area contributed by atoms with E-state index in [0.717, 1.165) is 38.3 Å². The lowest BCUT2D eigenvalue weighted by molar-refractivity contribution is -0.678. The van der Waals surface area contributed by atoms with Crippen LogP contribution in [-0.2, 0) is 29.2 Å². The zero-order chi connectivity index (χ0) is 79.2. The number of aliphatic hydroxyl groups excluding tert-OH is 3. The maximum Gasteiger partial charge on any atom is 0.762 e. The van der Waals surface area contributed by atoms with E-state index in [1.54, 1.807) is 35.3 Å². The maximum absolute atomic E-state index is 11.0. The van der Waals surface area contributed by atoms with Crippen molar-refractivity contribution in [2.45, 2.75) is 61.2 Å². The molecule has 0 radical (unpaired) electrons. The zero-order valence-corrected chi connectivity index (χ0v) is 70.9. The van der Waals surface area contributed by atoms with Gasteiger partial charge in [0.1, 0.15) is 12.7 Å². The van der Waals surface area contributed by atoms with Crippen molar-refractivity contribution in [3.05, 3.63) is 350 Å². The number of carbonyl (C=O) groups excluding carboxylic acids is 1. The smallest absolute Gasteiger partial charge is 0.762 e. The first-order valence-corrected chi connectivity index (χ1v) is 39.2. The minimum absolute atomic E-state index is 0. The van der Waals surface area contributed by atoms with Gasteiger partial charge in [-0.15, -0.1) is 0 Å². The maximum atomic E-state index is 11.0. The number of allylic oxidation sites excluding steroid dienone is 6. The second-order valence-corrected chi connectivity index (χ2v) is 30.1. The Balaban J connectivity index is 0.000000187. The number of hydrogen-bond acceptors (Lipinski definition) is 12. The van der Waals surface area contributed by atoms with Crippen molar-refractivity contribution in [3.63, 3.8) is 0 Å². The summed E-state index contributed by atoms with van der Waals surface area (Å²) in [5.74, 6) is -0.251. The topological polar surface area (TPSA) is 112 Å². The number of ether oxygens (including phenoxy) is 1. The number of esters is 1. The lowest BCUT2D eigenvalue weighted by atomic mass is 9.93. The minimum atomic E-state index is -3.67. The Hall–Kier alpha value is -10.3. The standard InChI is InChI=1S/C24H23N2O2S.C24H25N.C23H23N2O2S.C22H21N2OS.BF3.2BrH.FH/c1-18(27)28-17-16-26-15-14-19(20-9-3-4-10-21(20)26)8-7-13-24-25(2)22-11-5-6-12-23(22)29-24;1-17-6-10-20(11-7-17)24(21-12-8-18(2)9-13-21)22-14-15-23(25(4)5)19(3)16-22;1-24-21-10-4-5-11-22(21)28-23(24)12-6-7-17-13-14-25(15-18(27)16-26)20-9-3-2-8-19(17)20;1-23-20-10-4-5-11-21(20)26-22(23)12-6-7-17-13-14-24(15-16-25)19-9-3-2-8-18(17)19;2-1(3)4;;;/h3-15H,16-17H2,1-2H3;6-16H,1H2,2-5H3;2-14,18,26-27H,15-16H2,1H3;2-14,25H,15-16H2,1H3;;3*1H/q+1;;2*+1;;;;/p-3. The van der Waals surface area contributed by atoms with Gasteiger partial charge in [-0.05, 0) is 148 Å². The van der Waals surface area contributed by atoms with Crippen molar-refractivity contribution in [1.82, 2.24) is 0 Å². The normalized spacial score (nSPS) is 13.7. The van der Waals surface area contributed by atoms with Crippen molar-refractivity contribution < 1.29 is 90.2 Å². The predicted molar refractivity (Wildman–Crippen MR) is 461 cm³/mol. The Morgan fingerprint density at radius 2 is 0.913 bits per heavy atom. The number of carbonyl (C=O) groups is 1. The van der Waals surface area contributed by atoms with Crippen LogP contribution in [0.5, 0.6) is 0 Å². The highest BCUT2D eigenvalue weighted by molar-refractivity contribution is 8.04. The SMILES string of the molecule is C=c1ccc(=C(c2ccc(C)cc2)c2ccc(N(C)C)c(C)c2)cc1.CC(=O)OCC[n+]1ccc(C=CC=C2Sc3ccccc3N2C)c2ccccc21.CN1C(=CC=Cc2cc[n+](CC(O)CO)c3ccccc23)Sc2ccccc21.CN1C(=CC=Cc2cc[n+](CCO)c3ccccc23)Sc2ccccc21.FB(F)F.[Br-].[Br-].[F-]. The molecule has 3 aliphatic rings. The number of nitrogens with zero attached hydrogens (tertiary/aromatic N) is 7. The molecule has 0 spiro atoms. The molecule has 0 bridgehead atoms. The highest BCUT2D eigenvalue weighted by Gasteiger charge is 2.24. The summed E-state index contributed by atoms with van der Waals surface area (Å²) in [6.07, 6.45) is 24.4. The molecule has 12 aromatic rings. The number of hydrogen-bond donors (Lipinski definition) is 3.